The molecule has 0 unspecified atom stereocenters. The largest absolute Gasteiger partial charge is 0.453 e. The van der Waals surface area contributed by atoms with E-state index >= 15 is 0 Å². The SMILES string of the molecule is C[C@@H](OC(=O)CCSc1ccccc1)C(=O)Nc1ccc(F)cc1Cl. The summed E-state index contributed by atoms with van der Waals surface area (Å²) in [6.45, 7) is 1.47. The maximum atomic E-state index is 13.0. The van der Waals surface area contributed by atoms with E-state index in [0.717, 1.165) is 11.0 Å². The van der Waals surface area contributed by atoms with Crippen LogP contribution in [0.5, 0.6) is 0 Å². The van der Waals surface area contributed by atoms with Crippen LogP contribution >= 0.6 is 23.4 Å². The summed E-state index contributed by atoms with van der Waals surface area (Å²) in [5, 5.41) is 2.58. The van der Waals surface area contributed by atoms with Crippen LogP contribution in [-0.2, 0) is 14.3 Å². The Morgan fingerprint density at radius 3 is 2.64 bits per heavy atom. The standard InChI is InChI=1S/C18H17ClFNO3S/c1-12(18(23)21-16-8-7-13(20)11-15(16)19)24-17(22)9-10-25-14-5-3-2-4-6-14/h2-8,11-12H,9-10H2,1H3,(H,21,23)/t12-/m1/s1. The van der Waals surface area contributed by atoms with Gasteiger partial charge >= 0.3 is 5.97 Å². The van der Waals surface area contributed by atoms with Crippen molar-refractivity contribution in [3.8, 4) is 0 Å². The Kier molecular flexibility index (Phi) is 7.28. The highest BCUT2D eigenvalue weighted by atomic mass is 35.5. The van der Waals surface area contributed by atoms with Gasteiger partial charge in [-0.25, -0.2) is 4.39 Å². The minimum atomic E-state index is -0.977. The third-order valence-corrected chi connectivity index (χ3v) is 4.51. The zero-order valence-corrected chi connectivity index (χ0v) is 15.1. The molecule has 0 saturated carbocycles. The minimum Gasteiger partial charge on any atom is -0.453 e. The first-order valence-corrected chi connectivity index (χ1v) is 8.95. The number of nitrogens with one attached hydrogen (secondary N) is 1. The van der Waals surface area contributed by atoms with Crippen LogP contribution in [0.4, 0.5) is 10.1 Å². The molecule has 0 saturated heterocycles. The smallest absolute Gasteiger partial charge is 0.307 e. The molecule has 2 rings (SSSR count). The fraction of sp³-hybridized carbons (Fsp3) is 0.222. The summed E-state index contributed by atoms with van der Waals surface area (Å²) in [6.07, 6.45) is -0.788. The first-order valence-electron chi connectivity index (χ1n) is 7.59. The normalized spacial score (nSPS) is 11.6. The van der Waals surface area contributed by atoms with Crippen molar-refractivity contribution in [2.75, 3.05) is 11.1 Å². The van der Waals surface area contributed by atoms with E-state index in [-0.39, 0.29) is 17.1 Å². The van der Waals surface area contributed by atoms with Gasteiger partial charge in [-0.15, -0.1) is 11.8 Å². The molecule has 0 spiro atoms. The Bertz CT molecular complexity index is 742. The molecule has 0 aromatic heterocycles. The summed E-state index contributed by atoms with van der Waals surface area (Å²) in [5.74, 6) is -0.937. The molecule has 0 fully saturated rings. The number of esters is 1. The van der Waals surface area contributed by atoms with Crippen LogP contribution in [0.2, 0.25) is 5.02 Å². The van der Waals surface area contributed by atoms with E-state index in [0.29, 0.717) is 5.75 Å². The van der Waals surface area contributed by atoms with Crippen molar-refractivity contribution >= 4 is 40.9 Å². The van der Waals surface area contributed by atoms with Crippen LogP contribution in [-0.4, -0.2) is 23.7 Å². The lowest BCUT2D eigenvalue weighted by Gasteiger charge is -2.14. The number of thioether (sulfide) groups is 1. The van der Waals surface area contributed by atoms with Crippen LogP contribution in [0.1, 0.15) is 13.3 Å². The van der Waals surface area contributed by atoms with E-state index in [4.69, 9.17) is 16.3 Å². The molecule has 2 aromatic carbocycles. The van der Waals surface area contributed by atoms with Gasteiger partial charge < -0.3 is 10.1 Å². The summed E-state index contributed by atoms with van der Waals surface area (Å²) >= 11 is 7.38. The number of rotatable bonds is 7. The first-order chi connectivity index (χ1) is 12.0. The van der Waals surface area contributed by atoms with E-state index in [9.17, 15) is 14.0 Å². The maximum absolute atomic E-state index is 13.0. The molecule has 0 radical (unpaired) electrons. The van der Waals surface area contributed by atoms with Crippen LogP contribution in [0.15, 0.2) is 53.4 Å². The lowest BCUT2D eigenvalue weighted by atomic mass is 10.3. The molecule has 0 aliphatic heterocycles. The Labute approximate surface area is 154 Å². The highest BCUT2D eigenvalue weighted by molar-refractivity contribution is 7.99. The molecule has 25 heavy (non-hydrogen) atoms. The maximum Gasteiger partial charge on any atom is 0.307 e. The number of benzene rings is 2. The highest BCUT2D eigenvalue weighted by Gasteiger charge is 2.18. The van der Waals surface area contributed by atoms with Gasteiger partial charge in [-0.1, -0.05) is 29.8 Å². The quantitative estimate of drug-likeness (QED) is 0.565. The minimum absolute atomic E-state index is 0.0751. The van der Waals surface area contributed by atoms with Gasteiger partial charge in [0.05, 0.1) is 17.1 Å². The van der Waals surface area contributed by atoms with Crippen molar-refractivity contribution in [2.45, 2.75) is 24.3 Å². The molecule has 0 heterocycles. The second-order valence-electron chi connectivity index (χ2n) is 5.16. The van der Waals surface area contributed by atoms with Crippen LogP contribution in [0.25, 0.3) is 0 Å². The molecule has 1 amide bonds. The van der Waals surface area contributed by atoms with E-state index in [1.165, 1.54) is 30.8 Å². The fourth-order valence-corrected chi connectivity index (χ4v) is 2.97. The molecule has 4 nitrogen and oxygen atoms in total. The number of hydrogen-bond acceptors (Lipinski definition) is 4. The van der Waals surface area contributed by atoms with E-state index < -0.39 is 23.8 Å². The lowest BCUT2D eigenvalue weighted by molar-refractivity contribution is -0.152. The number of hydrogen-bond donors (Lipinski definition) is 1. The molecule has 0 bridgehead atoms. The third-order valence-electron chi connectivity index (χ3n) is 3.18. The van der Waals surface area contributed by atoms with Gasteiger partial charge in [0, 0.05) is 10.6 Å². The Balaban J connectivity index is 1.77. The molecule has 0 aliphatic carbocycles. The summed E-state index contributed by atoms with van der Waals surface area (Å²) in [5.41, 5.74) is 0.260. The van der Waals surface area contributed by atoms with E-state index in [2.05, 4.69) is 5.32 Å². The summed E-state index contributed by atoms with van der Waals surface area (Å²) < 4.78 is 18.1. The highest BCUT2D eigenvalue weighted by Crippen LogP contribution is 2.23. The van der Waals surface area contributed by atoms with E-state index in [1.54, 1.807) is 0 Å². The Morgan fingerprint density at radius 2 is 1.96 bits per heavy atom. The number of halogens is 2. The summed E-state index contributed by atoms with van der Waals surface area (Å²) in [7, 11) is 0. The van der Waals surface area contributed by atoms with Gasteiger partial charge in [0.25, 0.3) is 5.91 Å². The van der Waals surface area contributed by atoms with Crippen molar-refractivity contribution in [2.24, 2.45) is 0 Å². The van der Waals surface area contributed by atoms with Crippen molar-refractivity contribution in [3.63, 3.8) is 0 Å². The van der Waals surface area contributed by atoms with Crippen LogP contribution in [0.3, 0.4) is 0 Å². The van der Waals surface area contributed by atoms with Gasteiger partial charge in [0.2, 0.25) is 0 Å². The van der Waals surface area contributed by atoms with Crippen LogP contribution in [0, 0.1) is 5.82 Å². The Morgan fingerprint density at radius 1 is 1.24 bits per heavy atom. The molecule has 132 valence electrons. The van der Waals surface area contributed by atoms with E-state index in [1.807, 2.05) is 30.3 Å². The average Bonchev–Trinajstić information content (AvgIpc) is 2.58. The second-order valence-corrected chi connectivity index (χ2v) is 6.73. The number of amides is 1. The third kappa shape index (κ3) is 6.40. The lowest BCUT2D eigenvalue weighted by Crippen LogP contribution is -2.30. The predicted molar refractivity (Wildman–Crippen MR) is 97.4 cm³/mol. The predicted octanol–water partition coefficient (Wildman–Crippen LogP) is 4.53. The zero-order chi connectivity index (χ0) is 18.2. The monoisotopic (exact) mass is 381 g/mol. The summed E-state index contributed by atoms with van der Waals surface area (Å²) in [4.78, 5) is 24.9. The number of anilines is 1. The second kappa shape index (κ2) is 9.44. The topological polar surface area (TPSA) is 55.4 Å². The Hall–Kier alpha value is -2.05. The van der Waals surface area contributed by atoms with Crippen molar-refractivity contribution < 1.29 is 18.7 Å². The van der Waals surface area contributed by atoms with Crippen LogP contribution < -0.4 is 5.32 Å². The molecule has 1 atom stereocenters. The van der Waals surface area contributed by atoms with Gasteiger partial charge in [0.1, 0.15) is 5.82 Å². The van der Waals surface area contributed by atoms with Crippen molar-refractivity contribution in [3.05, 3.63) is 59.4 Å². The fourth-order valence-electron chi connectivity index (χ4n) is 1.90. The molecular formula is C18H17ClFNO3S. The van der Waals surface area contributed by atoms with Gasteiger partial charge in [0.15, 0.2) is 6.10 Å². The number of carbonyl (C=O) groups excluding carboxylic acids is 2. The van der Waals surface area contributed by atoms with Crippen molar-refractivity contribution in [1.82, 2.24) is 0 Å². The first kappa shape index (κ1) is 19.3. The molecule has 1 N–H and O–H groups in total. The van der Waals surface area contributed by atoms with Gasteiger partial charge in [-0.3, -0.25) is 9.59 Å². The number of carbonyl (C=O) groups is 2. The molecule has 2 aromatic rings. The van der Waals surface area contributed by atoms with Gasteiger partial charge in [-0.2, -0.15) is 0 Å². The molecule has 7 heteroatoms. The number of ether oxygens (including phenoxy) is 1. The molecular weight excluding hydrogens is 365 g/mol. The summed E-state index contributed by atoms with van der Waals surface area (Å²) in [6, 6.07) is 13.3. The molecule has 0 aliphatic rings. The van der Waals surface area contributed by atoms with Gasteiger partial charge in [-0.05, 0) is 37.3 Å². The average molecular weight is 382 g/mol. The zero-order valence-electron chi connectivity index (χ0n) is 13.5. The van der Waals surface area contributed by atoms with Crippen molar-refractivity contribution in [1.29, 1.82) is 0 Å².